The number of carbonyl (C=O) groups is 1. The zero-order valence-electron chi connectivity index (χ0n) is 13.0. The monoisotopic (exact) mass is 336 g/mol. The van der Waals surface area contributed by atoms with Crippen LogP contribution in [0, 0.1) is 0 Å². The van der Waals surface area contributed by atoms with Crippen LogP contribution in [0.25, 0.3) is 0 Å². The predicted octanol–water partition coefficient (Wildman–Crippen LogP) is 2.84. The topological polar surface area (TPSA) is 45.9 Å². The minimum Gasteiger partial charge on any atom is -0.472 e. The van der Waals surface area contributed by atoms with Crippen LogP contribution in [-0.2, 0) is 6.54 Å². The largest absolute Gasteiger partial charge is 0.472 e. The lowest BCUT2D eigenvalue weighted by Gasteiger charge is -2.34. The lowest BCUT2D eigenvalue weighted by Crippen LogP contribution is -2.48. The van der Waals surface area contributed by atoms with Crippen molar-refractivity contribution in [1.29, 1.82) is 0 Å². The van der Waals surface area contributed by atoms with E-state index in [0.717, 1.165) is 0 Å². The maximum atomic E-state index is 12.5. The van der Waals surface area contributed by atoms with Crippen LogP contribution in [0.4, 0.5) is 8.78 Å². The van der Waals surface area contributed by atoms with Gasteiger partial charge < -0.3 is 14.1 Å². The molecule has 1 saturated heterocycles. The number of furan rings is 1. The highest BCUT2D eigenvalue weighted by Gasteiger charge is 2.23. The summed E-state index contributed by atoms with van der Waals surface area (Å²) in [6, 6.07) is 8.43. The third kappa shape index (κ3) is 3.91. The number of hydrogen-bond acceptors (Lipinski definition) is 4. The van der Waals surface area contributed by atoms with E-state index < -0.39 is 6.61 Å². The first-order valence-electron chi connectivity index (χ1n) is 7.70. The molecule has 2 aromatic rings. The van der Waals surface area contributed by atoms with Crippen LogP contribution in [0.2, 0.25) is 0 Å². The van der Waals surface area contributed by atoms with E-state index in [4.69, 9.17) is 4.42 Å². The molecule has 1 aromatic carbocycles. The van der Waals surface area contributed by atoms with Crippen LogP contribution in [0.3, 0.4) is 0 Å². The van der Waals surface area contributed by atoms with Crippen molar-refractivity contribution in [2.75, 3.05) is 26.2 Å². The highest BCUT2D eigenvalue weighted by molar-refractivity contribution is 5.93. The number of halogens is 2. The van der Waals surface area contributed by atoms with E-state index in [0.29, 0.717) is 43.9 Å². The molecule has 0 aliphatic carbocycles. The molecule has 1 aromatic heterocycles. The molecule has 0 N–H and O–H groups in total. The lowest BCUT2D eigenvalue weighted by molar-refractivity contribution is -0.0508. The van der Waals surface area contributed by atoms with Gasteiger partial charge in [0.15, 0.2) is 0 Å². The van der Waals surface area contributed by atoms with Gasteiger partial charge in [-0.05, 0) is 12.1 Å². The van der Waals surface area contributed by atoms with E-state index in [1.807, 2.05) is 0 Å². The molecule has 5 nitrogen and oxygen atoms in total. The SMILES string of the molecule is O=C(c1ccoc1)N1CCN(Cc2ccccc2OC(F)F)CC1. The Balaban J connectivity index is 1.57. The van der Waals surface area contributed by atoms with Gasteiger partial charge in [-0.3, -0.25) is 9.69 Å². The van der Waals surface area contributed by atoms with Gasteiger partial charge in [-0.15, -0.1) is 0 Å². The van der Waals surface area contributed by atoms with Crippen molar-refractivity contribution in [2.45, 2.75) is 13.2 Å². The second-order valence-corrected chi connectivity index (χ2v) is 5.57. The smallest absolute Gasteiger partial charge is 0.387 e. The molecule has 0 atom stereocenters. The number of piperazine rings is 1. The first kappa shape index (κ1) is 16.4. The molecule has 128 valence electrons. The van der Waals surface area contributed by atoms with Gasteiger partial charge in [0.25, 0.3) is 5.91 Å². The number of rotatable bonds is 5. The molecule has 1 aliphatic rings. The number of hydrogen-bond donors (Lipinski definition) is 0. The van der Waals surface area contributed by atoms with Crippen molar-refractivity contribution in [1.82, 2.24) is 9.80 Å². The van der Waals surface area contributed by atoms with Crippen molar-refractivity contribution in [3.8, 4) is 5.75 Å². The van der Waals surface area contributed by atoms with Gasteiger partial charge in [-0.2, -0.15) is 8.78 Å². The molecule has 1 fully saturated rings. The zero-order chi connectivity index (χ0) is 16.9. The molecule has 0 saturated carbocycles. The number of nitrogens with zero attached hydrogens (tertiary/aromatic N) is 2. The number of para-hydroxylation sites is 1. The number of carbonyl (C=O) groups excluding carboxylic acids is 1. The summed E-state index contributed by atoms with van der Waals surface area (Å²) in [5.74, 6) is 0.147. The quantitative estimate of drug-likeness (QED) is 0.842. The standard InChI is InChI=1S/C17H18F2N2O3/c18-17(19)24-15-4-2-1-3-13(15)11-20-6-8-21(9-7-20)16(22)14-5-10-23-12-14/h1-5,10,12,17H,6-9,11H2. The highest BCUT2D eigenvalue weighted by Crippen LogP contribution is 2.22. The van der Waals surface area contributed by atoms with Crippen LogP contribution < -0.4 is 4.74 Å². The van der Waals surface area contributed by atoms with Crippen molar-refractivity contribution >= 4 is 5.91 Å². The summed E-state index contributed by atoms with van der Waals surface area (Å²) in [5.41, 5.74) is 1.26. The minimum absolute atomic E-state index is 0.0511. The summed E-state index contributed by atoms with van der Waals surface area (Å²) in [4.78, 5) is 16.1. The third-order valence-corrected chi connectivity index (χ3v) is 4.01. The van der Waals surface area contributed by atoms with Gasteiger partial charge in [0.2, 0.25) is 0 Å². The Morgan fingerprint density at radius 2 is 1.92 bits per heavy atom. The summed E-state index contributed by atoms with van der Waals surface area (Å²) in [6.45, 7) is 0.190. The van der Waals surface area contributed by atoms with Gasteiger partial charge in [0, 0.05) is 38.3 Å². The Hall–Kier alpha value is -2.41. The van der Waals surface area contributed by atoms with Crippen LogP contribution in [0.5, 0.6) is 5.75 Å². The van der Waals surface area contributed by atoms with E-state index in [1.165, 1.54) is 12.5 Å². The molecule has 1 aliphatic heterocycles. The normalized spacial score (nSPS) is 15.7. The molecular formula is C17H18F2N2O3. The number of alkyl halides is 2. The molecule has 7 heteroatoms. The number of benzene rings is 1. The van der Waals surface area contributed by atoms with Crippen LogP contribution >= 0.6 is 0 Å². The van der Waals surface area contributed by atoms with Crippen LogP contribution in [0.15, 0.2) is 47.3 Å². The zero-order valence-corrected chi connectivity index (χ0v) is 13.0. The average Bonchev–Trinajstić information content (AvgIpc) is 3.11. The van der Waals surface area contributed by atoms with Crippen molar-refractivity contribution < 1.29 is 22.7 Å². The molecule has 3 rings (SSSR count). The summed E-state index contributed by atoms with van der Waals surface area (Å²) in [7, 11) is 0. The fourth-order valence-electron chi connectivity index (χ4n) is 2.76. The number of amides is 1. The molecular weight excluding hydrogens is 318 g/mol. The summed E-state index contributed by atoms with van der Waals surface area (Å²) >= 11 is 0. The molecule has 1 amide bonds. The van der Waals surface area contributed by atoms with Crippen LogP contribution in [0.1, 0.15) is 15.9 Å². The van der Waals surface area contributed by atoms with Gasteiger partial charge in [0.1, 0.15) is 12.0 Å². The Morgan fingerprint density at radius 1 is 1.17 bits per heavy atom. The van der Waals surface area contributed by atoms with E-state index in [-0.39, 0.29) is 11.7 Å². The molecule has 0 spiro atoms. The molecule has 24 heavy (non-hydrogen) atoms. The highest BCUT2D eigenvalue weighted by atomic mass is 19.3. The van der Waals surface area contributed by atoms with Gasteiger partial charge >= 0.3 is 6.61 Å². The molecule has 2 heterocycles. The molecule has 0 radical (unpaired) electrons. The minimum atomic E-state index is -2.84. The fraction of sp³-hybridized carbons (Fsp3) is 0.353. The Bertz CT molecular complexity index is 668. The second-order valence-electron chi connectivity index (χ2n) is 5.57. The molecule has 0 unspecified atom stereocenters. The first-order chi connectivity index (χ1) is 11.6. The van der Waals surface area contributed by atoms with Crippen LogP contribution in [-0.4, -0.2) is 48.5 Å². The van der Waals surface area contributed by atoms with E-state index >= 15 is 0 Å². The van der Waals surface area contributed by atoms with Gasteiger partial charge in [0.05, 0.1) is 11.8 Å². The summed E-state index contributed by atoms with van der Waals surface area (Å²) in [5, 5.41) is 0. The number of ether oxygens (including phenoxy) is 1. The average molecular weight is 336 g/mol. The van der Waals surface area contributed by atoms with Gasteiger partial charge in [-0.1, -0.05) is 18.2 Å². The van der Waals surface area contributed by atoms with E-state index in [1.54, 1.807) is 35.2 Å². The Labute approximate surface area is 138 Å². The molecule has 0 bridgehead atoms. The Kier molecular flexibility index (Phi) is 5.10. The fourth-order valence-corrected chi connectivity index (χ4v) is 2.76. The lowest BCUT2D eigenvalue weighted by atomic mass is 10.1. The Morgan fingerprint density at radius 3 is 2.58 bits per heavy atom. The van der Waals surface area contributed by atoms with Crippen molar-refractivity contribution in [3.63, 3.8) is 0 Å². The predicted molar refractivity (Wildman–Crippen MR) is 83.0 cm³/mol. The first-order valence-corrected chi connectivity index (χ1v) is 7.70. The third-order valence-electron chi connectivity index (χ3n) is 4.01. The maximum absolute atomic E-state index is 12.5. The second kappa shape index (κ2) is 7.44. The maximum Gasteiger partial charge on any atom is 0.387 e. The summed E-state index contributed by atoms with van der Waals surface area (Å²) < 4.78 is 34.4. The van der Waals surface area contributed by atoms with E-state index in [9.17, 15) is 13.6 Å². The van der Waals surface area contributed by atoms with Crippen molar-refractivity contribution in [3.05, 3.63) is 54.0 Å². The van der Waals surface area contributed by atoms with Crippen molar-refractivity contribution in [2.24, 2.45) is 0 Å². The van der Waals surface area contributed by atoms with E-state index in [2.05, 4.69) is 9.64 Å². The van der Waals surface area contributed by atoms with Gasteiger partial charge in [-0.25, -0.2) is 0 Å². The summed E-state index contributed by atoms with van der Waals surface area (Å²) in [6.07, 6.45) is 2.91.